The Hall–Kier alpha value is -2.70. The zero-order valence-electron chi connectivity index (χ0n) is 15.2. The number of carbonyl (C=O) groups excluding carboxylic acids is 1. The quantitative estimate of drug-likeness (QED) is 0.903. The maximum atomic E-state index is 12.7. The van der Waals surface area contributed by atoms with Crippen LogP contribution < -0.4 is 0 Å². The number of likely N-dealkylation sites (tertiary alicyclic amines) is 1. The molecule has 1 fully saturated rings. The van der Waals surface area contributed by atoms with Crippen LogP contribution in [0, 0.1) is 5.41 Å². The first-order valence-corrected chi connectivity index (χ1v) is 8.71. The van der Waals surface area contributed by atoms with E-state index in [9.17, 15) is 14.7 Å². The van der Waals surface area contributed by atoms with Gasteiger partial charge in [0.2, 0.25) is 11.7 Å². The number of amides is 1. The molecule has 1 saturated heterocycles. The van der Waals surface area contributed by atoms with Crippen molar-refractivity contribution in [3.8, 4) is 11.4 Å². The van der Waals surface area contributed by atoms with Crippen LogP contribution >= 0.6 is 0 Å². The van der Waals surface area contributed by atoms with Crippen molar-refractivity contribution < 1.29 is 19.2 Å². The topological polar surface area (TPSA) is 96.5 Å². The summed E-state index contributed by atoms with van der Waals surface area (Å²) in [6, 6.07) is 6.16. The molecule has 1 amide bonds. The number of aromatic nitrogens is 2. The van der Waals surface area contributed by atoms with Gasteiger partial charge in [-0.25, -0.2) is 4.79 Å². The number of carboxylic acids is 1. The Morgan fingerprint density at radius 1 is 1.35 bits per heavy atom. The number of carbonyl (C=O) groups is 2. The van der Waals surface area contributed by atoms with Gasteiger partial charge in [0.05, 0.1) is 0 Å². The van der Waals surface area contributed by atoms with Crippen molar-refractivity contribution in [2.45, 2.75) is 46.1 Å². The van der Waals surface area contributed by atoms with E-state index < -0.39 is 12.0 Å². The van der Waals surface area contributed by atoms with E-state index in [1.165, 1.54) is 4.90 Å². The molecular formula is C19H23N3O4. The van der Waals surface area contributed by atoms with Gasteiger partial charge in [0.15, 0.2) is 0 Å². The summed E-state index contributed by atoms with van der Waals surface area (Å²) in [5, 5.41) is 13.3. The van der Waals surface area contributed by atoms with E-state index in [4.69, 9.17) is 4.52 Å². The SMILES string of the molecule is CC(C)(C)Cc1nc(-c2cccc(C(=O)N3CCCC3C(=O)O)c2)no1. The highest BCUT2D eigenvalue weighted by atomic mass is 16.5. The Morgan fingerprint density at radius 3 is 2.81 bits per heavy atom. The highest BCUT2D eigenvalue weighted by Crippen LogP contribution is 2.25. The van der Waals surface area contributed by atoms with Gasteiger partial charge in [-0.05, 0) is 30.4 Å². The zero-order valence-corrected chi connectivity index (χ0v) is 15.2. The summed E-state index contributed by atoms with van der Waals surface area (Å²) in [6.45, 7) is 6.72. The summed E-state index contributed by atoms with van der Waals surface area (Å²) in [7, 11) is 0. The van der Waals surface area contributed by atoms with Gasteiger partial charge in [0, 0.05) is 24.1 Å². The number of hydrogen-bond donors (Lipinski definition) is 1. The molecule has 1 atom stereocenters. The van der Waals surface area contributed by atoms with Crippen LogP contribution in [0.2, 0.25) is 0 Å². The predicted octanol–water partition coefficient (Wildman–Crippen LogP) is 3.01. The van der Waals surface area contributed by atoms with E-state index >= 15 is 0 Å². The van der Waals surface area contributed by atoms with Crippen LogP contribution in [0.3, 0.4) is 0 Å². The summed E-state index contributed by atoms with van der Waals surface area (Å²) in [5.74, 6) is -0.267. The number of hydrogen-bond acceptors (Lipinski definition) is 5. The van der Waals surface area contributed by atoms with Crippen molar-refractivity contribution in [2.24, 2.45) is 5.41 Å². The molecule has 7 nitrogen and oxygen atoms in total. The largest absolute Gasteiger partial charge is 0.480 e. The maximum absolute atomic E-state index is 12.7. The molecule has 0 aliphatic carbocycles. The van der Waals surface area contributed by atoms with Crippen molar-refractivity contribution >= 4 is 11.9 Å². The molecule has 0 radical (unpaired) electrons. The zero-order chi connectivity index (χ0) is 18.9. The molecule has 138 valence electrons. The normalized spacial score (nSPS) is 17.5. The highest BCUT2D eigenvalue weighted by Gasteiger charge is 2.34. The molecule has 0 saturated carbocycles. The summed E-state index contributed by atoms with van der Waals surface area (Å²) in [4.78, 5) is 29.9. The Labute approximate surface area is 152 Å². The number of rotatable bonds is 4. The molecule has 1 aromatic carbocycles. The standard InChI is InChI=1S/C19H23N3O4/c1-19(2,3)11-15-20-16(21-26-15)12-6-4-7-13(10-12)17(23)22-9-5-8-14(22)18(24)25/h4,6-7,10,14H,5,8-9,11H2,1-3H3,(H,24,25). The molecule has 2 heterocycles. The van der Waals surface area contributed by atoms with E-state index in [1.54, 1.807) is 24.3 Å². The van der Waals surface area contributed by atoms with Crippen LogP contribution in [0.25, 0.3) is 11.4 Å². The Morgan fingerprint density at radius 2 is 2.12 bits per heavy atom. The van der Waals surface area contributed by atoms with Gasteiger partial charge in [0.25, 0.3) is 5.91 Å². The predicted molar refractivity (Wildman–Crippen MR) is 94.6 cm³/mol. The fraction of sp³-hybridized carbons (Fsp3) is 0.474. The second-order valence-corrected chi connectivity index (χ2v) is 7.82. The molecule has 1 unspecified atom stereocenters. The van der Waals surface area contributed by atoms with Gasteiger partial charge < -0.3 is 14.5 Å². The summed E-state index contributed by atoms with van der Waals surface area (Å²) < 4.78 is 5.31. The molecule has 0 bridgehead atoms. The van der Waals surface area contributed by atoms with E-state index in [0.29, 0.717) is 48.6 Å². The van der Waals surface area contributed by atoms with Crippen molar-refractivity contribution in [3.63, 3.8) is 0 Å². The first-order valence-electron chi connectivity index (χ1n) is 8.71. The van der Waals surface area contributed by atoms with E-state index in [0.717, 1.165) is 0 Å². The fourth-order valence-corrected chi connectivity index (χ4v) is 3.12. The number of carboxylic acid groups (broad SMARTS) is 1. The van der Waals surface area contributed by atoms with Gasteiger partial charge in [-0.2, -0.15) is 4.98 Å². The number of aliphatic carboxylic acids is 1. The Balaban J connectivity index is 1.82. The first kappa shape index (κ1) is 18.1. The minimum Gasteiger partial charge on any atom is -0.480 e. The third-order valence-corrected chi connectivity index (χ3v) is 4.32. The summed E-state index contributed by atoms with van der Waals surface area (Å²) >= 11 is 0. The van der Waals surface area contributed by atoms with E-state index in [-0.39, 0.29) is 11.3 Å². The highest BCUT2D eigenvalue weighted by molar-refractivity contribution is 5.97. The van der Waals surface area contributed by atoms with Crippen molar-refractivity contribution in [3.05, 3.63) is 35.7 Å². The average Bonchev–Trinajstić information content (AvgIpc) is 3.22. The Bertz CT molecular complexity index is 822. The minimum atomic E-state index is -0.961. The molecule has 2 aromatic rings. The molecule has 7 heteroatoms. The lowest BCUT2D eigenvalue weighted by molar-refractivity contribution is -0.141. The number of nitrogens with zero attached hydrogens (tertiary/aromatic N) is 3. The minimum absolute atomic E-state index is 0.0310. The van der Waals surface area contributed by atoms with Crippen LogP contribution in [-0.4, -0.2) is 44.6 Å². The summed E-state index contributed by atoms with van der Waals surface area (Å²) in [6.07, 6.45) is 1.85. The van der Waals surface area contributed by atoms with Crippen LogP contribution in [-0.2, 0) is 11.2 Å². The molecule has 1 N–H and O–H groups in total. The average molecular weight is 357 g/mol. The van der Waals surface area contributed by atoms with E-state index in [2.05, 4.69) is 30.9 Å². The van der Waals surface area contributed by atoms with Crippen LogP contribution in [0.1, 0.15) is 49.9 Å². The van der Waals surface area contributed by atoms with Crippen molar-refractivity contribution in [1.29, 1.82) is 0 Å². The van der Waals surface area contributed by atoms with Crippen LogP contribution in [0.15, 0.2) is 28.8 Å². The lowest BCUT2D eigenvalue weighted by atomic mass is 9.92. The smallest absolute Gasteiger partial charge is 0.326 e. The third-order valence-electron chi connectivity index (χ3n) is 4.32. The van der Waals surface area contributed by atoms with Crippen molar-refractivity contribution in [1.82, 2.24) is 15.0 Å². The number of benzene rings is 1. The van der Waals surface area contributed by atoms with Gasteiger partial charge >= 0.3 is 5.97 Å². The summed E-state index contributed by atoms with van der Waals surface area (Å²) in [5.41, 5.74) is 1.13. The lowest BCUT2D eigenvalue weighted by Gasteiger charge is -2.21. The van der Waals surface area contributed by atoms with Gasteiger partial charge in [-0.3, -0.25) is 4.79 Å². The maximum Gasteiger partial charge on any atom is 0.326 e. The van der Waals surface area contributed by atoms with Gasteiger partial charge in [0.1, 0.15) is 6.04 Å². The second-order valence-electron chi connectivity index (χ2n) is 7.82. The molecular weight excluding hydrogens is 334 g/mol. The molecule has 1 aliphatic heterocycles. The molecule has 3 rings (SSSR count). The van der Waals surface area contributed by atoms with Crippen LogP contribution in [0.4, 0.5) is 0 Å². The van der Waals surface area contributed by atoms with Gasteiger partial charge in [-0.1, -0.05) is 38.1 Å². The fourth-order valence-electron chi connectivity index (χ4n) is 3.12. The third kappa shape index (κ3) is 3.92. The van der Waals surface area contributed by atoms with E-state index in [1.807, 2.05) is 0 Å². The molecule has 26 heavy (non-hydrogen) atoms. The first-order chi connectivity index (χ1) is 12.2. The molecule has 1 aliphatic rings. The monoisotopic (exact) mass is 357 g/mol. The second kappa shape index (κ2) is 6.90. The molecule has 0 spiro atoms. The lowest BCUT2D eigenvalue weighted by Crippen LogP contribution is -2.40. The van der Waals surface area contributed by atoms with Crippen molar-refractivity contribution in [2.75, 3.05) is 6.54 Å². The van der Waals surface area contributed by atoms with Crippen LogP contribution in [0.5, 0.6) is 0 Å². The van der Waals surface area contributed by atoms with Gasteiger partial charge in [-0.15, -0.1) is 0 Å². The Kier molecular flexibility index (Phi) is 4.80. The molecule has 1 aromatic heterocycles.